The number of rotatable bonds is 6. The highest BCUT2D eigenvalue weighted by molar-refractivity contribution is 5.76. The first-order valence-corrected chi connectivity index (χ1v) is 7.58. The molecule has 0 radical (unpaired) electrons. The summed E-state index contributed by atoms with van der Waals surface area (Å²) < 4.78 is 1.71. The highest BCUT2D eigenvalue weighted by atomic mass is 16.2. The molecule has 1 fully saturated rings. The van der Waals surface area contributed by atoms with Gasteiger partial charge in [0.15, 0.2) is 0 Å². The van der Waals surface area contributed by atoms with E-state index in [1.54, 1.807) is 11.0 Å². The van der Waals surface area contributed by atoms with Gasteiger partial charge in [-0.1, -0.05) is 6.92 Å². The van der Waals surface area contributed by atoms with Crippen molar-refractivity contribution < 1.29 is 4.79 Å². The zero-order chi connectivity index (χ0) is 14.4. The zero-order valence-electron chi connectivity index (χ0n) is 12.2. The lowest BCUT2D eigenvalue weighted by molar-refractivity contribution is -0.134. The summed E-state index contributed by atoms with van der Waals surface area (Å²) in [4.78, 5) is 18.4. The molecule has 0 saturated heterocycles. The third-order valence-electron chi connectivity index (χ3n) is 3.99. The highest BCUT2D eigenvalue weighted by Crippen LogP contribution is 2.23. The van der Waals surface area contributed by atoms with E-state index in [-0.39, 0.29) is 5.91 Å². The average Bonchev–Trinajstić information content (AvgIpc) is 2.97. The van der Waals surface area contributed by atoms with Crippen molar-refractivity contribution >= 4 is 5.91 Å². The molecule has 0 spiro atoms. The van der Waals surface area contributed by atoms with E-state index in [1.165, 1.54) is 6.33 Å². The van der Waals surface area contributed by atoms with E-state index >= 15 is 0 Å². The lowest BCUT2D eigenvalue weighted by atomic mass is 9.90. The molecule has 6 heteroatoms. The summed E-state index contributed by atoms with van der Waals surface area (Å²) in [6.45, 7) is 3.56. The number of nitrogens with two attached hydrogens (primary N) is 1. The fourth-order valence-corrected chi connectivity index (χ4v) is 2.87. The Kier molecular flexibility index (Phi) is 5.52. The molecule has 6 nitrogen and oxygen atoms in total. The Hall–Kier alpha value is -1.43. The molecular formula is C14H25N5O. The summed E-state index contributed by atoms with van der Waals surface area (Å²) in [5, 5.41) is 4.03. The van der Waals surface area contributed by atoms with E-state index in [0.717, 1.165) is 38.6 Å². The maximum Gasteiger partial charge on any atom is 0.224 e. The van der Waals surface area contributed by atoms with Gasteiger partial charge in [-0.3, -0.25) is 9.48 Å². The fraction of sp³-hybridized carbons (Fsp3) is 0.786. The summed E-state index contributed by atoms with van der Waals surface area (Å²) in [7, 11) is 0. The Morgan fingerprint density at radius 2 is 2.15 bits per heavy atom. The molecule has 0 bridgehead atoms. The molecule has 1 amide bonds. The van der Waals surface area contributed by atoms with Crippen LogP contribution in [0.5, 0.6) is 0 Å². The second-order valence-electron chi connectivity index (χ2n) is 5.56. The Bertz CT molecular complexity index is 398. The van der Waals surface area contributed by atoms with Crippen LogP contribution >= 0.6 is 0 Å². The van der Waals surface area contributed by atoms with Crippen LogP contribution in [0, 0.1) is 0 Å². The predicted octanol–water partition coefficient (Wildman–Crippen LogP) is 1.18. The van der Waals surface area contributed by atoms with Crippen LogP contribution in [0.3, 0.4) is 0 Å². The number of amides is 1. The molecule has 0 atom stereocenters. The van der Waals surface area contributed by atoms with E-state index in [0.29, 0.717) is 25.0 Å². The molecule has 2 N–H and O–H groups in total. The van der Waals surface area contributed by atoms with Crippen LogP contribution in [-0.4, -0.2) is 44.2 Å². The van der Waals surface area contributed by atoms with Crippen LogP contribution in [0.2, 0.25) is 0 Å². The molecule has 1 aliphatic rings. The van der Waals surface area contributed by atoms with E-state index in [9.17, 15) is 4.79 Å². The number of carbonyl (C=O) groups excluding carboxylic acids is 1. The molecule has 2 rings (SSSR count). The highest BCUT2D eigenvalue weighted by Gasteiger charge is 2.26. The predicted molar refractivity (Wildman–Crippen MR) is 76.9 cm³/mol. The second-order valence-corrected chi connectivity index (χ2v) is 5.56. The smallest absolute Gasteiger partial charge is 0.224 e. The molecule has 0 aromatic carbocycles. The Balaban J connectivity index is 1.88. The normalized spacial score (nSPS) is 22.7. The number of hydrogen-bond acceptors (Lipinski definition) is 4. The van der Waals surface area contributed by atoms with Gasteiger partial charge in [-0.2, -0.15) is 5.10 Å². The third-order valence-corrected chi connectivity index (χ3v) is 3.99. The molecule has 20 heavy (non-hydrogen) atoms. The van der Waals surface area contributed by atoms with Crippen molar-refractivity contribution in [2.45, 2.75) is 64.1 Å². The molecule has 1 heterocycles. The minimum atomic E-state index is 0.225. The van der Waals surface area contributed by atoms with Gasteiger partial charge < -0.3 is 10.6 Å². The zero-order valence-corrected chi connectivity index (χ0v) is 12.2. The molecular weight excluding hydrogens is 254 g/mol. The Morgan fingerprint density at radius 1 is 1.40 bits per heavy atom. The van der Waals surface area contributed by atoms with Gasteiger partial charge >= 0.3 is 0 Å². The van der Waals surface area contributed by atoms with Gasteiger partial charge in [-0.15, -0.1) is 0 Å². The number of aromatic nitrogens is 3. The minimum absolute atomic E-state index is 0.225. The number of carbonyl (C=O) groups is 1. The van der Waals surface area contributed by atoms with Crippen molar-refractivity contribution in [1.29, 1.82) is 0 Å². The fourth-order valence-electron chi connectivity index (χ4n) is 2.87. The van der Waals surface area contributed by atoms with Gasteiger partial charge in [0.2, 0.25) is 5.91 Å². The number of aryl methyl sites for hydroxylation is 1. The van der Waals surface area contributed by atoms with E-state index in [4.69, 9.17) is 5.73 Å². The number of nitrogens with zero attached hydrogens (tertiary/aromatic N) is 4. The topological polar surface area (TPSA) is 77.0 Å². The SMILES string of the molecule is CCCN(C(=O)CCn1cncn1)C1CCC(N)CC1. The molecule has 1 saturated carbocycles. The van der Waals surface area contributed by atoms with Crippen molar-refractivity contribution in [3.8, 4) is 0 Å². The van der Waals surface area contributed by atoms with Crippen molar-refractivity contribution in [1.82, 2.24) is 19.7 Å². The lowest BCUT2D eigenvalue weighted by Crippen LogP contribution is -2.44. The molecule has 112 valence electrons. The first-order valence-electron chi connectivity index (χ1n) is 7.58. The van der Waals surface area contributed by atoms with Gasteiger partial charge in [0, 0.05) is 25.0 Å². The number of hydrogen-bond donors (Lipinski definition) is 1. The van der Waals surface area contributed by atoms with Gasteiger partial charge in [0.25, 0.3) is 0 Å². The van der Waals surface area contributed by atoms with Crippen molar-refractivity contribution in [2.24, 2.45) is 5.73 Å². The van der Waals surface area contributed by atoms with Gasteiger partial charge in [0.05, 0.1) is 6.54 Å². The van der Waals surface area contributed by atoms with Crippen molar-refractivity contribution in [3.05, 3.63) is 12.7 Å². The molecule has 1 aromatic heterocycles. The van der Waals surface area contributed by atoms with Crippen LogP contribution in [0.1, 0.15) is 45.4 Å². The standard InChI is InChI=1S/C14H25N5O/c1-2-8-19(13-5-3-12(15)4-6-13)14(20)7-9-18-11-16-10-17-18/h10-13H,2-9,15H2,1H3. The molecule has 1 aliphatic carbocycles. The maximum absolute atomic E-state index is 12.4. The summed E-state index contributed by atoms with van der Waals surface area (Å²) >= 11 is 0. The average molecular weight is 279 g/mol. The molecule has 0 aliphatic heterocycles. The lowest BCUT2D eigenvalue weighted by Gasteiger charge is -2.36. The Morgan fingerprint density at radius 3 is 2.75 bits per heavy atom. The summed E-state index contributed by atoms with van der Waals surface area (Å²) in [6.07, 6.45) is 8.77. The van der Waals surface area contributed by atoms with Crippen molar-refractivity contribution in [2.75, 3.05) is 6.54 Å². The van der Waals surface area contributed by atoms with E-state index in [2.05, 4.69) is 21.9 Å². The largest absolute Gasteiger partial charge is 0.340 e. The maximum atomic E-state index is 12.4. The van der Waals surface area contributed by atoms with Crippen LogP contribution in [-0.2, 0) is 11.3 Å². The third kappa shape index (κ3) is 4.03. The monoisotopic (exact) mass is 279 g/mol. The van der Waals surface area contributed by atoms with Crippen LogP contribution < -0.4 is 5.73 Å². The molecule has 0 unspecified atom stereocenters. The van der Waals surface area contributed by atoms with E-state index in [1.807, 2.05) is 0 Å². The van der Waals surface area contributed by atoms with Crippen LogP contribution in [0.15, 0.2) is 12.7 Å². The van der Waals surface area contributed by atoms with E-state index < -0.39 is 0 Å². The van der Waals surface area contributed by atoms with Crippen molar-refractivity contribution in [3.63, 3.8) is 0 Å². The quantitative estimate of drug-likeness (QED) is 0.848. The minimum Gasteiger partial charge on any atom is -0.340 e. The Labute approximate surface area is 120 Å². The van der Waals surface area contributed by atoms with Gasteiger partial charge in [-0.25, -0.2) is 4.98 Å². The summed E-state index contributed by atoms with van der Waals surface area (Å²) in [5.74, 6) is 0.225. The van der Waals surface area contributed by atoms with Gasteiger partial charge in [-0.05, 0) is 32.1 Å². The summed E-state index contributed by atoms with van der Waals surface area (Å²) in [5.41, 5.74) is 5.95. The van der Waals surface area contributed by atoms with Gasteiger partial charge in [0.1, 0.15) is 12.7 Å². The summed E-state index contributed by atoms with van der Waals surface area (Å²) in [6, 6.07) is 0.693. The van der Waals surface area contributed by atoms with Crippen LogP contribution in [0.4, 0.5) is 0 Å². The second kappa shape index (κ2) is 7.38. The molecule has 1 aromatic rings. The van der Waals surface area contributed by atoms with Crippen LogP contribution in [0.25, 0.3) is 0 Å². The first-order chi connectivity index (χ1) is 9.70. The first kappa shape index (κ1) is 15.0.